The molecule has 0 aliphatic heterocycles. The topological polar surface area (TPSA) is 89.7 Å². The lowest BCUT2D eigenvalue weighted by Crippen LogP contribution is -2.07. The van der Waals surface area contributed by atoms with Crippen molar-refractivity contribution in [1.29, 1.82) is 0 Å². The molecule has 0 spiro atoms. The molecule has 0 amide bonds. The van der Waals surface area contributed by atoms with Crippen LogP contribution in [-0.4, -0.2) is 22.6 Å². The number of aliphatic hydroxyl groups is 1. The van der Waals surface area contributed by atoms with Gasteiger partial charge in [0, 0.05) is 17.7 Å². The van der Waals surface area contributed by atoms with Crippen LogP contribution < -0.4 is 0 Å². The average Bonchev–Trinajstić information content (AvgIpc) is 2.52. The van der Waals surface area contributed by atoms with Crippen LogP contribution in [0.5, 0.6) is 0 Å². The third-order valence-corrected chi connectivity index (χ3v) is 3.05. The molecule has 0 heterocycles. The molecular weight excluding hydrogens is 286 g/mol. The summed E-state index contributed by atoms with van der Waals surface area (Å²) in [4.78, 5) is 21.7. The zero-order valence-electron chi connectivity index (χ0n) is 12.8. The van der Waals surface area contributed by atoms with Crippen LogP contribution in [0.15, 0.2) is 47.6 Å². The van der Waals surface area contributed by atoms with Crippen LogP contribution >= 0.6 is 0 Å². The van der Waals surface area contributed by atoms with Crippen LogP contribution in [0, 0.1) is 10.1 Å². The molecule has 0 bridgehead atoms. The number of hydrogen-bond donors (Lipinski definition) is 1. The van der Waals surface area contributed by atoms with Crippen LogP contribution in [0.4, 0.5) is 5.69 Å². The fourth-order valence-electron chi connectivity index (χ4n) is 1.84. The Kier molecular flexibility index (Phi) is 6.47. The first-order chi connectivity index (χ1) is 10.4. The maximum Gasteiger partial charge on any atom is 0.333 e. The summed E-state index contributed by atoms with van der Waals surface area (Å²) in [6.45, 7) is 5.33. The van der Waals surface area contributed by atoms with Gasteiger partial charge in [0.1, 0.15) is 6.10 Å². The Morgan fingerprint density at radius 1 is 1.41 bits per heavy atom. The van der Waals surface area contributed by atoms with Crippen molar-refractivity contribution in [3.8, 4) is 0 Å². The summed E-state index contributed by atoms with van der Waals surface area (Å²) in [5, 5.41) is 21.0. The number of allylic oxidation sites excluding steroid dienone is 1. The summed E-state index contributed by atoms with van der Waals surface area (Å²) in [6, 6.07) is 5.63. The average molecular weight is 305 g/mol. The van der Waals surface area contributed by atoms with Gasteiger partial charge in [-0.2, -0.15) is 0 Å². The summed E-state index contributed by atoms with van der Waals surface area (Å²) in [5.41, 5.74) is 1.35. The molecule has 0 saturated carbocycles. The van der Waals surface area contributed by atoms with Crippen molar-refractivity contribution in [3.63, 3.8) is 0 Å². The molecule has 0 aliphatic carbocycles. The maximum atomic E-state index is 11.6. The number of carbonyl (C=O) groups is 1. The van der Waals surface area contributed by atoms with Gasteiger partial charge in [0.05, 0.1) is 11.5 Å². The lowest BCUT2D eigenvalue weighted by atomic mass is 9.99. The lowest BCUT2D eigenvalue weighted by molar-refractivity contribution is -0.384. The molecule has 1 N–H and O–H groups in total. The predicted octanol–water partition coefficient (Wildman–Crippen LogP) is 3.08. The number of nitro benzene ring substituents is 1. The monoisotopic (exact) mass is 305 g/mol. The number of hydrogen-bond acceptors (Lipinski definition) is 5. The highest BCUT2D eigenvalue weighted by Crippen LogP contribution is 2.25. The first kappa shape index (κ1) is 17.6. The summed E-state index contributed by atoms with van der Waals surface area (Å²) in [7, 11) is 0. The predicted molar refractivity (Wildman–Crippen MR) is 82.2 cm³/mol. The zero-order valence-corrected chi connectivity index (χ0v) is 12.8. The molecular formula is C16H19NO5. The number of nitro groups is 1. The molecule has 0 aromatic heterocycles. The van der Waals surface area contributed by atoms with E-state index in [9.17, 15) is 20.0 Å². The fourth-order valence-corrected chi connectivity index (χ4v) is 1.84. The Labute approximate surface area is 128 Å². The van der Waals surface area contributed by atoms with Gasteiger partial charge in [-0.15, -0.1) is 0 Å². The Hall–Kier alpha value is -2.47. The van der Waals surface area contributed by atoms with Gasteiger partial charge in [0.15, 0.2) is 0 Å². The number of aliphatic hydroxyl groups excluding tert-OH is 1. The normalized spacial score (nSPS) is 13.6. The van der Waals surface area contributed by atoms with Gasteiger partial charge in [-0.05, 0) is 50.1 Å². The standard InChI is InChI=1S/C16H19NO5/c1-4-12(10-11(3)16(19)22-5-2)15(18)13-6-8-14(9-7-13)17(20)21/h4,6-10,15,18H,5H2,1-3H3/b11-10+,12-4+. The second kappa shape index (κ2) is 8.09. The van der Waals surface area contributed by atoms with Crippen molar-refractivity contribution < 1.29 is 19.6 Å². The molecule has 0 fully saturated rings. The van der Waals surface area contributed by atoms with Crippen molar-refractivity contribution in [2.24, 2.45) is 0 Å². The molecule has 22 heavy (non-hydrogen) atoms. The fraction of sp³-hybridized carbons (Fsp3) is 0.312. The quantitative estimate of drug-likeness (QED) is 0.287. The minimum Gasteiger partial charge on any atom is -0.463 e. The summed E-state index contributed by atoms with van der Waals surface area (Å²) in [5.74, 6) is -0.447. The minimum absolute atomic E-state index is 0.0452. The Morgan fingerprint density at radius 3 is 2.45 bits per heavy atom. The van der Waals surface area contributed by atoms with Crippen molar-refractivity contribution in [2.45, 2.75) is 26.9 Å². The smallest absolute Gasteiger partial charge is 0.333 e. The second-order valence-electron chi connectivity index (χ2n) is 4.59. The molecule has 1 unspecified atom stereocenters. The molecule has 6 nitrogen and oxygen atoms in total. The van der Waals surface area contributed by atoms with E-state index in [1.807, 2.05) is 0 Å². The van der Waals surface area contributed by atoms with Crippen LogP contribution in [0.1, 0.15) is 32.4 Å². The first-order valence-corrected chi connectivity index (χ1v) is 6.84. The third kappa shape index (κ3) is 4.53. The van der Waals surface area contributed by atoms with Gasteiger partial charge < -0.3 is 9.84 Å². The van der Waals surface area contributed by atoms with Crippen LogP contribution in [-0.2, 0) is 9.53 Å². The van der Waals surface area contributed by atoms with E-state index in [0.29, 0.717) is 16.7 Å². The molecule has 6 heteroatoms. The van der Waals surface area contributed by atoms with Gasteiger partial charge >= 0.3 is 5.97 Å². The number of nitrogens with zero attached hydrogens (tertiary/aromatic N) is 1. The highest BCUT2D eigenvalue weighted by Gasteiger charge is 2.15. The Bertz CT molecular complexity index is 601. The third-order valence-electron chi connectivity index (χ3n) is 3.05. The number of ether oxygens (including phenoxy) is 1. The highest BCUT2D eigenvalue weighted by molar-refractivity contribution is 5.88. The molecule has 1 aromatic carbocycles. The van der Waals surface area contributed by atoms with Crippen LogP contribution in [0.3, 0.4) is 0 Å². The van der Waals surface area contributed by atoms with E-state index in [0.717, 1.165) is 0 Å². The summed E-state index contributed by atoms with van der Waals surface area (Å²) in [6.07, 6.45) is 2.24. The lowest BCUT2D eigenvalue weighted by Gasteiger charge is -2.13. The highest BCUT2D eigenvalue weighted by atomic mass is 16.6. The van der Waals surface area contributed by atoms with Crippen molar-refractivity contribution in [1.82, 2.24) is 0 Å². The summed E-state index contributed by atoms with van der Waals surface area (Å²) < 4.78 is 4.89. The number of rotatable bonds is 6. The van der Waals surface area contributed by atoms with E-state index in [1.165, 1.54) is 24.3 Å². The number of carbonyl (C=O) groups excluding carboxylic acids is 1. The van der Waals surface area contributed by atoms with Gasteiger partial charge in [-0.25, -0.2) is 4.79 Å². The molecule has 1 atom stereocenters. The van der Waals surface area contributed by atoms with Crippen molar-refractivity contribution in [3.05, 3.63) is 63.2 Å². The van der Waals surface area contributed by atoms with E-state index in [4.69, 9.17) is 4.74 Å². The Balaban J connectivity index is 2.98. The second-order valence-corrected chi connectivity index (χ2v) is 4.59. The van der Waals surface area contributed by atoms with Gasteiger partial charge in [0.2, 0.25) is 0 Å². The van der Waals surface area contributed by atoms with Crippen molar-refractivity contribution in [2.75, 3.05) is 6.61 Å². The van der Waals surface area contributed by atoms with Gasteiger partial charge in [-0.1, -0.05) is 6.08 Å². The van der Waals surface area contributed by atoms with E-state index >= 15 is 0 Å². The Morgan fingerprint density at radius 2 is 2.00 bits per heavy atom. The number of non-ortho nitro benzene ring substituents is 1. The SMILES string of the molecule is C/C=C(\C=C(/C)C(=O)OCC)C(O)c1ccc([N+](=O)[O-])cc1. The van der Waals surface area contributed by atoms with Gasteiger partial charge in [-0.3, -0.25) is 10.1 Å². The zero-order chi connectivity index (χ0) is 16.7. The van der Waals surface area contributed by atoms with E-state index in [1.54, 1.807) is 32.9 Å². The molecule has 0 radical (unpaired) electrons. The largest absolute Gasteiger partial charge is 0.463 e. The van der Waals surface area contributed by atoms with E-state index in [-0.39, 0.29) is 12.3 Å². The number of benzene rings is 1. The van der Waals surface area contributed by atoms with Crippen LogP contribution in [0.2, 0.25) is 0 Å². The molecule has 1 rings (SSSR count). The van der Waals surface area contributed by atoms with E-state index in [2.05, 4.69) is 0 Å². The van der Waals surface area contributed by atoms with E-state index < -0.39 is 17.0 Å². The van der Waals surface area contributed by atoms with Crippen LogP contribution in [0.25, 0.3) is 0 Å². The minimum atomic E-state index is -0.977. The molecule has 0 aliphatic rings. The maximum absolute atomic E-state index is 11.6. The first-order valence-electron chi connectivity index (χ1n) is 6.84. The molecule has 0 saturated heterocycles. The number of esters is 1. The van der Waals surface area contributed by atoms with Gasteiger partial charge in [0.25, 0.3) is 5.69 Å². The molecule has 118 valence electrons. The molecule has 1 aromatic rings. The van der Waals surface area contributed by atoms with Crippen molar-refractivity contribution >= 4 is 11.7 Å². The summed E-state index contributed by atoms with van der Waals surface area (Å²) >= 11 is 0.